The highest BCUT2D eigenvalue weighted by Gasteiger charge is 2.45. The zero-order chi connectivity index (χ0) is 14.2. The Morgan fingerprint density at radius 2 is 2.05 bits per heavy atom. The van der Waals surface area contributed by atoms with Crippen molar-refractivity contribution in [1.82, 2.24) is 10.3 Å². The number of para-hydroxylation sites is 1. The average Bonchev–Trinajstić information content (AvgIpc) is 2.75. The molecule has 3 N–H and O–H groups in total. The van der Waals surface area contributed by atoms with E-state index in [-0.39, 0.29) is 0 Å². The molecule has 3 rings (SSSR count). The number of carbonyl (C=O) groups excluding carboxylic acids is 1. The average molecular weight is 291 g/mol. The standard InChI is InChI=1S/C13H13N3O3S/c17-10(18)13(6-3-7-13)16-11(19)15-12-14-8-4-1-2-5-9(8)20-12/h1-2,4-5H,3,6-7H2,(H,17,18)(H2,14,15,16,19). The highest BCUT2D eigenvalue weighted by molar-refractivity contribution is 7.22. The van der Waals surface area contributed by atoms with Gasteiger partial charge < -0.3 is 10.4 Å². The van der Waals surface area contributed by atoms with Gasteiger partial charge in [-0.3, -0.25) is 5.32 Å². The molecular formula is C13H13N3O3S. The number of nitrogens with one attached hydrogen (secondary N) is 2. The topological polar surface area (TPSA) is 91.3 Å². The Labute approximate surface area is 118 Å². The van der Waals surface area contributed by atoms with Gasteiger partial charge in [0.2, 0.25) is 0 Å². The zero-order valence-corrected chi connectivity index (χ0v) is 11.4. The van der Waals surface area contributed by atoms with Gasteiger partial charge in [0.1, 0.15) is 5.54 Å². The van der Waals surface area contributed by atoms with E-state index in [1.807, 2.05) is 24.3 Å². The molecule has 0 unspecified atom stereocenters. The van der Waals surface area contributed by atoms with E-state index in [0.29, 0.717) is 18.0 Å². The number of fused-ring (bicyclic) bond motifs is 1. The summed E-state index contributed by atoms with van der Waals surface area (Å²) in [7, 11) is 0. The molecule has 1 fully saturated rings. The van der Waals surface area contributed by atoms with Crippen LogP contribution in [0, 0.1) is 0 Å². The van der Waals surface area contributed by atoms with Gasteiger partial charge >= 0.3 is 12.0 Å². The van der Waals surface area contributed by atoms with E-state index in [2.05, 4.69) is 15.6 Å². The van der Waals surface area contributed by atoms with Crippen LogP contribution in [0.2, 0.25) is 0 Å². The van der Waals surface area contributed by atoms with E-state index in [1.54, 1.807) is 0 Å². The molecule has 2 aromatic rings. The number of aromatic nitrogens is 1. The number of benzene rings is 1. The fourth-order valence-electron chi connectivity index (χ4n) is 2.19. The van der Waals surface area contributed by atoms with E-state index < -0.39 is 17.5 Å². The molecule has 0 saturated heterocycles. The summed E-state index contributed by atoms with van der Waals surface area (Å²) in [5, 5.41) is 14.8. The number of carboxylic acids is 1. The predicted molar refractivity (Wildman–Crippen MR) is 76.0 cm³/mol. The molecule has 104 valence electrons. The fraction of sp³-hybridized carbons (Fsp3) is 0.308. The van der Waals surface area contributed by atoms with Gasteiger partial charge in [0.15, 0.2) is 5.13 Å². The maximum atomic E-state index is 11.9. The second kappa shape index (κ2) is 4.75. The lowest BCUT2D eigenvalue weighted by Gasteiger charge is -2.37. The first-order valence-corrected chi connectivity index (χ1v) is 7.09. The van der Waals surface area contributed by atoms with Crippen molar-refractivity contribution < 1.29 is 14.7 Å². The number of aliphatic carboxylic acids is 1. The molecule has 1 aromatic carbocycles. The number of rotatable bonds is 3. The molecule has 2 amide bonds. The number of urea groups is 1. The molecule has 7 heteroatoms. The molecule has 0 bridgehead atoms. The van der Waals surface area contributed by atoms with Crippen LogP contribution >= 0.6 is 11.3 Å². The smallest absolute Gasteiger partial charge is 0.329 e. The molecule has 0 radical (unpaired) electrons. The molecule has 0 spiro atoms. The van der Waals surface area contributed by atoms with E-state index in [4.69, 9.17) is 5.11 Å². The van der Waals surface area contributed by atoms with Crippen LogP contribution in [0.15, 0.2) is 24.3 Å². The van der Waals surface area contributed by atoms with Gasteiger partial charge in [0.25, 0.3) is 0 Å². The van der Waals surface area contributed by atoms with Crippen LogP contribution in [0.4, 0.5) is 9.93 Å². The van der Waals surface area contributed by atoms with Crippen LogP contribution in [0.1, 0.15) is 19.3 Å². The lowest BCUT2D eigenvalue weighted by molar-refractivity contribution is -0.148. The van der Waals surface area contributed by atoms with E-state index in [1.165, 1.54) is 11.3 Å². The molecule has 1 saturated carbocycles. The Kier molecular flexibility index (Phi) is 3.06. The van der Waals surface area contributed by atoms with Crippen LogP contribution in [0.25, 0.3) is 10.2 Å². The monoisotopic (exact) mass is 291 g/mol. The maximum Gasteiger partial charge on any atom is 0.329 e. The van der Waals surface area contributed by atoms with E-state index in [0.717, 1.165) is 16.6 Å². The molecule has 0 aliphatic heterocycles. The van der Waals surface area contributed by atoms with Crippen molar-refractivity contribution in [3.63, 3.8) is 0 Å². The normalized spacial score (nSPS) is 16.4. The number of carboxylic acid groups (broad SMARTS) is 1. The molecule has 1 heterocycles. The molecule has 0 atom stereocenters. The summed E-state index contributed by atoms with van der Waals surface area (Å²) in [5.74, 6) is -0.983. The summed E-state index contributed by atoms with van der Waals surface area (Å²) in [6.45, 7) is 0. The Morgan fingerprint density at radius 1 is 1.30 bits per heavy atom. The van der Waals surface area contributed by atoms with E-state index in [9.17, 15) is 9.59 Å². The van der Waals surface area contributed by atoms with Crippen molar-refractivity contribution in [3.05, 3.63) is 24.3 Å². The molecule has 6 nitrogen and oxygen atoms in total. The second-order valence-corrected chi connectivity index (χ2v) is 5.84. The maximum absolute atomic E-state index is 11.9. The Bertz CT molecular complexity index is 645. The molecule has 1 aliphatic rings. The van der Waals surface area contributed by atoms with Crippen LogP contribution < -0.4 is 10.6 Å². The van der Waals surface area contributed by atoms with Crippen molar-refractivity contribution in [1.29, 1.82) is 0 Å². The molecular weight excluding hydrogens is 278 g/mol. The Balaban J connectivity index is 1.71. The zero-order valence-electron chi connectivity index (χ0n) is 10.5. The number of carbonyl (C=O) groups is 2. The third kappa shape index (κ3) is 2.20. The Morgan fingerprint density at radius 3 is 2.65 bits per heavy atom. The highest BCUT2D eigenvalue weighted by Crippen LogP contribution is 2.32. The molecule has 20 heavy (non-hydrogen) atoms. The van der Waals surface area contributed by atoms with Gasteiger partial charge in [-0.05, 0) is 31.4 Å². The van der Waals surface area contributed by atoms with Crippen LogP contribution in [0.3, 0.4) is 0 Å². The third-order valence-corrected chi connectivity index (χ3v) is 4.44. The number of anilines is 1. The van der Waals surface area contributed by atoms with Gasteiger partial charge in [-0.25, -0.2) is 14.6 Å². The van der Waals surface area contributed by atoms with Gasteiger partial charge in [-0.1, -0.05) is 23.5 Å². The lowest BCUT2D eigenvalue weighted by atomic mass is 9.77. The first-order chi connectivity index (χ1) is 9.59. The van der Waals surface area contributed by atoms with Gasteiger partial charge in [0.05, 0.1) is 10.2 Å². The summed E-state index contributed by atoms with van der Waals surface area (Å²) in [4.78, 5) is 27.3. The SMILES string of the molecule is O=C(Nc1nc2ccccc2s1)NC1(C(=O)O)CCC1. The molecule has 1 aromatic heterocycles. The first-order valence-electron chi connectivity index (χ1n) is 6.27. The summed E-state index contributed by atoms with van der Waals surface area (Å²) >= 11 is 1.36. The quantitative estimate of drug-likeness (QED) is 0.810. The lowest BCUT2D eigenvalue weighted by Crippen LogP contribution is -2.60. The number of nitrogens with zero attached hydrogens (tertiary/aromatic N) is 1. The first kappa shape index (κ1) is 12.9. The van der Waals surface area contributed by atoms with Crippen molar-refractivity contribution in [3.8, 4) is 0 Å². The Hall–Kier alpha value is -2.15. The summed E-state index contributed by atoms with van der Waals surface area (Å²) in [6.07, 6.45) is 1.75. The summed E-state index contributed by atoms with van der Waals surface area (Å²) < 4.78 is 0.972. The molecule has 1 aliphatic carbocycles. The van der Waals surface area contributed by atoms with Crippen molar-refractivity contribution in [2.24, 2.45) is 0 Å². The van der Waals surface area contributed by atoms with Gasteiger partial charge in [-0.15, -0.1) is 0 Å². The largest absolute Gasteiger partial charge is 0.480 e. The van der Waals surface area contributed by atoms with Crippen LogP contribution in [-0.2, 0) is 4.79 Å². The summed E-state index contributed by atoms with van der Waals surface area (Å²) in [5.41, 5.74) is -0.301. The minimum atomic E-state index is -1.11. The number of amides is 2. The van der Waals surface area contributed by atoms with Crippen molar-refractivity contribution in [2.75, 3.05) is 5.32 Å². The third-order valence-electron chi connectivity index (χ3n) is 3.48. The van der Waals surface area contributed by atoms with Crippen LogP contribution in [-0.4, -0.2) is 27.6 Å². The van der Waals surface area contributed by atoms with Crippen molar-refractivity contribution >= 4 is 38.7 Å². The highest BCUT2D eigenvalue weighted by atomic mass is 32.1. The number of hydrogen-bond donors (Lipinski definition) is 3. The van der Waals surface area contributed by atoms with Crippen LogP contribution in [0.5, 0.6) is 0 Å². The van der Waals surface area contributed by atoms with Gasteiger partial charge in [0, 0.05) is 0 Å². The minimum absolute atomic E-state index is 0.462. The minimum Gasteiger partial charge on any atom is -0.480 e. The fourth-order valence-corrected chi connectivity index (χ4v) is 3.05. The summed E-state index contributed by atoms with van der Waals surface area (Å²) in [6, 6.07) is 7.03. The predicted octanol–water partition coefficient (Wildman–Crippen LogP) is 2.43. The number of hydrogen-bond acceptors (Lipinski definition) is 4. The van der Waals surface area contributed by atoms with Gasteiger partial charge in [-0.2, -0.15) is 0 Å². The number of thiazole rings is 1. The van der Waals surface area contributed by atoms with E-state index >= 15 is 0 Å². The van der Waals surface area contributed by atoms with Crippen molar-refractivity contribution in [2.45, 2.75) is 24.8 Å². The second-order valence-electron chi connectivity index (χ2n) is 4.81.